The first-order valence-electron chi connectivity index (χ1n) is 16.7. The number of hydrogen-bond acceptors (Lipinski definition) is 21. The maximum absolute atomic E-state index is 12.0. The summed E-state index contributed by atoms with van der Waals surface area (Å²) >= 11 is 0. The summed E-state index contributed by atoms with van der Waals surface area (Å²) in [4.78, 5) is 23.6. The Labute approximate surface area is 292 Å². The Balaban J connectivity index is 1.87. The highest BCUT2D eigenvalue weighted by atomic mass is 16.9. The molecule has 16 atom stereocenters. The molecule has 0 radical (unpaired) electrons. The average Bonchev–Trinajstić information content (AvgIpc) is 3.09. The third kappa shape index (κ3) is 10.3. The Morgan fingerprint density at radius 2 is 1.63 bits per heavy atom. The van der Waals surface area contributed by atoms with Crippen LogP contribution < -0.4 is 5.73 Å². The summed E-state index contributed by atoms with van der Waals surface area (Å²) in [5, 5.41) is 117. The Hall–Kier alpha value is -1.58. The number of hydrogen-bond donors (Lipinski definition) is 12. The molecule has 0 spiro atoms. The van der Waals surface area contributed by atoms with E-state index in [0.29, 0.717) is 13.0 Å². The van der Waals surface area contributed by atoms with Gasteiger partial charge in [0.1, 0.15) is 60.7 Å². The molecule has 51 heavy (non-hydrogen) atoms. The van der Waals surface area contributed by atoms with Gasteiger partial charge in [-0.05, 0) is 26.3 Å². The van der Waals surface area contributed by atoms with Gasteiger partial charge in [-0.15, -0.1) is 0 Å². The van der Waals surface area contributed by atoms with Crippen LogP contribution in [0.25, 0.3) is 0 Å². The summed E-state index contributed by atoms with van der Waals surface area (Å²) in [6.45, 7) is -1.46. The molecular formula is C30H53NO20. The van der Waals surface area contributed by atoms with Crippen LogP contribution >= 0.6 is 0 Å². The molecule has 3 aliphatic rings. The molecule has 0 aromatic heterocycles. The lowest BCUT2D eigenvalue weighted by molar-refractivity contribution is -0.465. The number of aliphatic hydroxyl groups excluding tert-OH is 10. The molecule has 0 aromatic rings. The van der Waals surface area contributed by atoms with Crippen LogP contribution in [0.1, 0.15) is 45.4 Å². The predicted molar refractivity (Wildman–Crippen MR) is 163 cm³/mol. The molecule has 21 nitrogen and oxygen atoms in total. The van der Waals surface area contributed by atoms with E-state index in [1.54, 1.807) is 0 Å². The summed E-state index contributed by atoms with van der Waals surface area (Å²) in [5.41, 5.74) is 5.47. The van der Waals surface area contributed by atoms with E-state index in [2.05, 4.69) is 0 Å². The van der Waals surface area contributed by atoms with Gasteiger partial charge in [0.2, 0.25) is 5.79 Å². The third-order valence-electron chi connectivity index (χ3n) is 9.13. The minimum atomic E-state index is -3.04. The van der Waals surface area contributed by atoms with Crippen LogP contribution in [-0.2, 0) is 42.7 Å². The van der Waals surface area contributed by atoms with Crippen LogP contribution in [0.2, 0.25) is 0 Å². The molecule has 0 saturated carbocycles. The molecule has 3 fully saturated rings. The summed E-state index contributed by atoms with van der Waals surface area (Å²) in [6.07, 6.45) is -23.5. The van der Waals surface area contributed by atoms with Crippen LogP contribution in [0.15, 0.2) is 0 Å². The Morgan fingerprint density at radius 1 is 0.941 bits per heavy atom. The fourth-order valence-corrected chi connectivity index (χ4v) is 6.32. The number of nitrogens with two attached hydrogens (primary N) is 1. The second-order valence-corrected chi connectivity index (χ2v) is 12.9. The normalized spacial score (nSPS) is 41.5. The topological polar surface area (TPSA) is 347 Å². The third-order valence-corrected chi connectivity index (χ3v) is 9.13. The van der Waals surface area contributed by atoms with E-state index in [-0.39, 0.29) is 13.1 Å². The fourth-order valence-electron chi connectivity index (χ4n) is 6.32. The van der Waals surface area contributed by atoms with Crippen LogP contribution in [-0.4, -0.2) is 193 Å². The number of Topliss-reactive ketones (excluding diaryl/α,β-unsaturated/α-hetero) is 1. The van der Waals surface area contributed by atoms with Crippen LogP contribution in [0.3, 0.4) is 0 Å². The Kier molecular flexibility index (Phi) is 16.9. The van der Waals surface area contributed by atoms with Crippen molar-refractivity contribution in [2.75, 3.05) is 33.0 Å². The second kappa shape index (κ2) is 19.7. The molecule has 0 amide bonds. The quantitative estimate of drug-likeness (QED) is 0.0313. The molecule has 3 rings (SSSR count). The SMILES string of the molecule is CC(=O)CC1C(O)CC(OC=O)(OC2C(O)C(CO)OC(OC3(O)C(CO)OC(OCCCCCCN)C(O)C3O)C2O)OC1[C@H](O)[C@H](O)CO. The van der Waals surface area contributed by atoms with Crippen molar-refractivity contribution in [3.63, 3.8) is 0 Å². The predicted octanol–water partition coefficient (Wildman–Crippen LogP) is -6.22. The van der Waals surface area contributed by atoms with Gasteiger partial charge in [-0.25, -0.2) is 0 Å². The molecule has 298 valence electrons. The average molecular weight is 748 g/mol. The number of unbranched alkanes of at least 4 members (excludes halogenated alkanes) is 3. The minimum Gasteiger partial charge on any atom is -0.410 e. The van der Waals surface area contributed by atoms with Crippen molar-refractivity contribution < 1.29 is 98.9 Å². The summed E-state index contributed by atoms with van der Waals surface area (Å²) in [7, 11) is 0. The van der Waals surface area contributed by atoms with Crippen molar-refractivity contribution >= 4 is 12.3 Å². The van der Waals surface area contributed by atoms with Gasteiger partial charge in [0.25, 0.3) is 6.47 Å². The number of rotatable bonds is 20. The molecule has 13 N–H and O–H groups in total. The van der Waals surface area contributed by atoms with E-state index in [1.165, 1.54) is 6.92 Å². The maximum Gasteiger partial charge on any atom is 0.332 e. The van der Waals surface area contributed by atoms with E-state index in [0.717, 1.165) is 19.3 Å². The molecule has 3 heterocycles. The molecule has 14 unspecified atom stereocenters. The Bertz CT molecular complexity index is 1070. The monoisotopic (exact) mass is 747 g/mol. The summed E-state index contributed by atoms with van der Waals surface area (Å²) in [5.74, 6) is -7.55. The lowest BCUT2D eigenvalue weighted by Gasteiger charge is -2.52. The van der Waals surface area contributed by atoms with Crippen molar-refractivity contribution in [1.82, 2.24) is 0 Å². The number of ketones is 1. The van der Waals surface area contributed by atoms with Gasteiger partial charge in [0.15, 0.2) is 12.6 Å². The van der Waals surface area contributed by atoms with E-state index < -0.39 is 136 Å². The zero-order valence-corrected chi connectivity index (χ0v) is 28.1. The minimum absolute atomic E-state index is 0.0731. The molecule has 0 aliphatic carbocycles. The van der Waals surface area contributed by atoms with Gasteiger partial charge in [-0.2, -0.15) is 0 Å². The highest BCUT2D eigenvalue weighted by Crippen LogP contribution is 2.42. The Morgan fingerprint density at radius 3 is 2.22 bits per heavy atom. The zero-order valence-electron chi connectivity index (χ0n) is 28.1. The molecular weight excluding hydrogens is 694 g/mol. The maximum atomic E-state index is 12.0. The standard InChI is InChI=1S/C30H53NO20/c1-14(36)8-15-16(37)9-29(46-13-35,49-24(15)20(39)17(38)10-32)50-25-21(40)18(11-33)47-28(22(25)41)51-30(44)19(12-34)48-27(23(42)26(30)43)45-7-5-3-2-4-6-31/h13,15-28,32-34,37-44H,2-12,31H2,1H3/t15?,16?,17-,18?,19?,20-,21?,22?,23?,24?,25?,26?,27?,28?,29?,30?/m1/s1. The highest BCUT2D eigenvalue weighted by molar-refractivity contribution is 5.75. The van der Waals surface area contributed by atoms with E-state index in [4.69, 9.17) is 38.9 Å². The van der Waals surface area contributed by atoms with Gasteiger partial charge in [0, 0.05) is 18.9 Å². The number of ether oxygens (including phenoxy) is 7. The molecule has 3 aliphatic heterocycles. The smallest absolute Gasteiger partial charge is 0.332 e. The van der Waals surface area contributed by atoms with Crippen LogP contribution in [0.5, 0.6) is 0 Å². The van der Waals surface area contributed by atoms with E-state index in [1.807, 2.05) is 0 Å². The van der Waals surface area contributed by atoms with Crippen molar-refractivity contribution in [1.29, 1.82) is 0 Å². The number of carbonyl (C=O) groups is 2. The lowest BCUT2D eigenvalue weighted by Crippen LogP contribution is -2.72. The van der Waals surface area contributed by atoms with Gasteiger partial charge in [0.05, 0.1) is 38.4 Å². The van der Waals surface area contributed by atoms with Crippen molar-refractivity contribution in [3.8, 4) is 0 Å². The van der Waals surface area contributed by atoms with E-state index >= 15 is 0 Å². The van der Waals surface area contributed by atoms with E-state index in [9.17, 15) is 65.8 Å². The molecule has 3 saturated heterocycles. The van der Waals surface area contributed by atoms with Crippen molar-refractivity contribution in [2.24, 2.45) is 11.7 Å². The first-order chi connectivity index (χ1) is 24.1. The lowest BCUT2D eigenvalue weighted by atomic mass is 9.82. The summed E-state index contributed by atoms with van der Waals surface area (Å²) in [6, 6.07) is 0. The number of aliphatic hydroxyl groups is 11. The largest absolute Gasteiger partial charge is 0.410 e. The molecule has 21 heteroatoms. The fraction of sp³-hybridized carbons (Fsp3) is 0.933. The highest BCUT2D eigenvalue weighted by Gasteiger charge is 2.61. The molecule has 0 aromatic carbocycles. The van der Waals surface area contributed by atoms with Gasteiger partial charge >= 0.3 is 5.97 Å². The van der Waals surface area contributed by atoms with Crippen LogP contribution in [0.4, 0.5) is 0 Å². The van der Waals surface area contributed by atoms with Crippen LogP contribution in [0, 0.1) is 5.92 Å². The van der Waals surface area contributed by atoms with Crippen molar-refractivity contribution in [2.45, 2.75) is 137 Å². The summed E-state index contributed by atoms with van der Waals surface area (Å²) < 4.78 is 38.4. The molecule has 0 bridgehead atoms. The van der Waals surface area contributed by atoms with Crippen molar-refractivity contribution in [3.05, 3.63) is 0 Å². The zero-order chi connectivity index (χ0) is 38.1. The van der Waals surface area contributed by atoms with Gasteiger partial charge < -0.3 is 99.9 Å². The van der Waals surface area contributed by atoms with Gasteiger partial charge in [-0.3, -0.25) is 4.79 Å². The first-order valence-corrected chi connectivity index (χ1v) is 16.7. The second-order valence-electron chi connectivity index (χ2n) is 12.9. The number of carbonyl (C=O) groups excluding carboxylic acids is 2. The first kappa shape index (κ1) is 43.8. The van der Waals surface area contributed by atoms with Gasteiger partial charge in [-0.1, -0.05) is 12.8 Å².